The van der Waals surface area contributed by atoms with Crippen LogP contribution in [0.1, 0.15) is 0 Å². The van der Waals surface area contributed by atoms with Gasteiger partial charge >= 0.3 is 0 Å². The van der Waals surface area contributed by atoms with Crippen molar-refractivity contribution in [1.82, 2.24) is 4.98 Å². The van der Waals surface area contributed by atoms with Crippen molar-refractivity contribution < 1.29 is 0 Å². The van der Waals surface area contributed by atoms with Crippen LogP contribution in [0.15, 0.2) is 23.0 Å². The molecule has 0 saturated heterocycles. The Morgan fingerprint density at radius 2 is 1.86 bits per heavy atom. The smallest absolute Gasteiger partial charge is 0.0826 e. The quantitative estimate of drug-likeness (QED) is 0.676. The van der Waals surface area contributed by atoms with Gasteiger partial charge in [-0.2, -0.15) is 0 Å². The van der Waals surface area contributed by atoms with E-state index in [-0.39, 0.29) is 0 Å². The topological polar surface area (TPSA) is 12.9 Å². The first kappa shape index (κ1) is 10.2. The van der Waals surface area contributed by atoms with Crippen molar-refractivity contribution in [3.05, 3.63) is 38.1 Å². The second kappa shape index (κ2) is 4.07. The number of hydrogen-bond donors (Lipinski definition) is 0. The Kier molecular flexibility index (Phi) is 2.98. The van der Waals surface area contributed by atoms with Gasteiger partial charge in [-0.3, -0.25) is 0 Å². The lowest BCUT2D eigenvalue weighted by Gasteiger charge is -2.03. The molecule has 0 amide bonds. The fourth-order valence-corrected chi connectivity index (χ4v) is 2.25. The molecule has 1 aromatic carbocycles. The monoisotopic (exact) mass is 263 g/mol. The van der Waals surface area contributed by atoms with Gasteiger partial charge in [-0.25, -0.2) is 4.98 Å². The van der Waals surface area contributed by atoms with E-state index in [9.17, 15) is 0 Å². The summed E-state index contributed by atoms with van der Waals surface area (Å²) in [6, 6.07) is 3.52. The minimum atomic E-state index is 0.374. The van der Waals surface area contributed by atoms with Gasteiger partial charge in [0, 0.05) is 10.9 Å². The molecule has 0 saturated carbocycles. The van der Waals surface area contributed by atoms with Crippen LogP contribution in [0.4, 0.5) is 0 Å². The Bertz CT molecular complexity index is 453. The van der Waals surface area contributed by atoms with E-state index in [1.807, 2.05) is 11.4 Å². The molecule has 0 N–H and O–H groups in total. The molecule has 72 valence electrons. The van der Waals surface area contributed by atoms with Gasteiger partial charge in [0.1, 0.15) is 0 Å². The fraction of sp³-hybridized carbons (Fsp3) is 0. The number of rotatable bonds is 1. The highest BCUT2D eigenvalue weighted by Crippen LogP contribution is 2.37. The summed E-state index contributed by atoms with van der Waals surface area (Å²) in [4.78, 5) is 4.15. The first-order valence-corrected chi connectivity index (χ1v) is 5.80. The minimum Gasteiger partial charge on any atom is -0.245 e. The molecular formula is C9H4Cl3NS. The number of aromatic nitrogens is 1. The lowest BCUT2D eigenvalue weighted by molar-refractivity contribution is 1.41. The van der Waals surface area contributed by atoms with Crippen molar-refractivity contribution >= 4 is 46.1 Å². The second-order valence-corrected chi connectivity index (χ2v) is 4.48. The zero-order chi connectivity index (χ0) is 10.1. The zero-order valence-corrected chi connectivity index (χ0v) is 9.88. The third kappa shape index (κ3) is 1.75. The summed E-state index contributed by atoms with van der Waals surface area (Å²) in [6.45, 7) is 0. The molecule has 0 aliphatic rings. The van der Waals surface area contributed by atoms with Crippen LogP contribution in [-0.4, -0.2) is 4.98 Å². The van der Waals surface area contributed by atoms with Gasteiger partial charge in [-0.1, -0.05) is 34.8 Å². The lowest BCUT2D eigenvalue weighted by Crippen LogP contribution is -1.81. The van der Waals surface area contributed by atoms with Crippen LogP contribution in [0.3, 0.4) is 0 Å². The Balaban J connectivity index is 2.61. The predicted molar refractivity (Wildman–Crippen MR) is 62.6 cm³/mol. The summed E-state index contributed by atoms with van der Waals surface area (Å²) in [5.41, 5.74) is 3.37. The average molecular weight is 265 g/mol. The van der Waals surface area contributed by atoms with Gasteiger partial charge in [-0.15, -0.1) is 11.3 Å². The highest BCUT2D eigenvalue weighted by atomic mass is 35.5. The maximum atomic E-state index is 6.04. The van der Waals surface area contributed by atoms with E-state index in [2.05, 4.69) is 4.98 Å². The van der Waals surface area contributed by atoms with Crippen molar-refractivity contribution in [2.75, 3.05) is 0 Å². The van der Waals surface area contributed by atoms with Crippen LogP contribution in [-0.2, 0) is 0 Å². The zero-order valence-electron chi connectivity index (χ0n) is 6.80. The average Bonchev–Trinajstić information content (AvgIpc) is 2.67. The highest BCUT2D eigenvalue weighted by Gasteiger charge is 2.11. The number of hydrogen-bond acceptors (Lipinski definition) is 2. The van der Waals surface area contributed by atoms with Gasteiger partial charge in [0.05, 0.1) is 26.3 Å². The first-order chi connectivity index (χ1) is 6.70. The standard InChI is InChI=1S/C9H4Cl3NS/c10-6-2-1-5(8(11)9(6)12)7-3-14-4-13-7/h1-4H. The molecule has 1 aromatic heterocycles. The molecule has 0 unspecified atom stereocenters. The van der Waals surface area contributed by atoms with E-state index in [0.29, 0.717) is 15.1 Å². The number of thiazole rings is 1. The van der Waals surface area contributed by atoms with Crippen LogP contribution < -0.4 is 0 Å². The van der Waals surface area contributed by atoms with Gasteiger partial charge < -0.3 is 0 Å². The molecule has 2 aromatic rings. The maximum absolute atomic E-state index is 6.04. The number of benzene rings is 1. The highest BCUT2D eigenvalue weighted by molar-refractivity contribution is 7.07. The van der Waals surface area contributed by atoms with Crippen molar-refractivity contribution in [3.63, 3.8) is 0 Å². The molecule has 0 spiro atoms. The lowest BCUT2D eigenvalue weighted by atomic mass is 10.2. The van der Waals surface area contributed by atoms with Gasteiger partial charge in [0.25, 0.3) is 0 Å². The normalized spacial score (nSPS) is 10.5. The first-order valence-electron chi connectivity index (χ1n) is 3.72. The Hall–Kier alpha value is -0.280. The molecule has 2 rings (SSSR count). The summed E-state index contributed by atoms with van der Waals surface area (Å²) < 4.78 is 0. The van der Waals surface area contributed by atoms with Crippen LogP contribution in [0.25, 0.3) is 11.3 Å². The molecule has 0 aliphatic carbocycles. The van der Waals surface area contributed by atoms with Gasteiger partial charge in [0.15, 0.2) is 0 Å². The fourth-order valence-electron chi connectivity index (χ4n) is 1.07. The van der Waals surface area contributed by atoms with E-state index >= 15 is 0 Å². The predicted octanol–water partition coefficient (Wildman–Crippen LogP) is 4.77. The van der Waals surface area contributed by atoms with Crippen LogP contribution in [0.2, 0.25) is 15.1 Å². The van der Waals surface area contributed by atoms with E-state index in [1.54, 1.807) is 11.6 Å². The Morgan fingerprint density at radius 3 is 2.50 bits per heavy atom. The number of halogens is 3. The Morgan fingerprint density at radius 1 is 1.07 bits per heavy atom. The molecule has 14 heavy (non-hydrogen) atoms. The largest absolute Gasteiger partial charge is 0.245 e. The van der Waals surface area contributed by atoms with Crippen molar-refractivity contribution in [2.24, 2.45) is 0 Å². The SMILES string of the molecule is Clc1ccc(-c2cscn2)c(Cl)c1Cl. The van der Waals surface area contributed by atoms with E-state index in [0.717, 1.165) is 11.3 Å². The van der Waals surface area contributed by atoms with Crippen molar-refractivity contribution in [1.29, 1.82) is 0 Å². The van der Waals surface area contributed by atoms with Gasteiger partial charge in [-0.05, 0) is 12.1 Å². The molecule has 0 fully saturated rings. The molecule has 1 heterocycles. The van der Waals surface area contributed by atoms with Crippen LogP contribution >= 0.6 is 46.1 Å². The molecule has 0 radical (unpaired) electrons. The summed E-state index contributed by atoms with van der Waals surface area (Å²) >= 11 is 19.3. The summed E-state index contributed by atoms with van der Waals surface area (Å²) in [6.07, 6.45) is 0. The van der Waals surface area contributed by atoms with E-state index in [4.69, 9.17) is 34.8 Å². The molecule has 1 nitrogen and oxygen atoms in total. The maximum Gasteiger partial charge on any atom is 0.0826 e. The molecule has 0 aliphatic heterocycles. The van der Waals surface area contributed by atoms with Crippen molar-refractivity contribution in [2.45, 2.75) is 0 Å². The van der Waals surface area contributed by atoms with E-state index in [1.165, 1.54) is 11.3 Å². The Labute approximate surface area is 100 Å². The summed E-state index contributed by atoms with van der Waals surface area (Å²) in [7, 11) is 0. The summed E-state index contributed by atoms with van der Waals surface area (Å²) in [5.74, 6) is 0. The second-order valence-electron chi connectivity index (χ2n) is 2.60. The third-order valence-corrected chi connectivity index (χ3v) is 3.62. The third-order valence-electron chi connectivity index (χ3n) is 1.74. The van der Waals surface area contributed by atoms with E-state index < -0.39 is 0 Å². The van der Waals surface area contributed by atoms with Crippen LogP contribution in [0.5, 0.6) is 0 Å². The molecular weight excluding hydrogens is 261 g/mol. The van der Waals surface area contributed by atoms with Crippen LogP contribution in [0, 0.1) is 0 Å². The van der Waals surface area contributed by atoms with Gasteiger partial charge in [0.2, 0.25) is 0 Å². The molecule has 5 heteroatoms. The molecule has 0 bridgehead atoms. The number of nitrogens with zero attached hydrogens (tertiary/aromatic N) is 1. The minimum absolute atomic E-state index is 0.374. The molecule has 0 atom stereocenters. The summed E-state index contributed by atoms with van der Waals surface area (Å²) in [5, 5.41) is 3.19. The van der Waals surface area contributed by atoms with Crippen molar-refractivity contribution in [3.8, 4) is 11.3 Å².